The molecule has 2 rings (SSSR count). The molecule has 0 aliphatic rings. The second-order valence-electron chi connectivity index (χ2n) is 5.30. The predicted molar refractivity (Wildman–Crippen MR) is 83.0 cm³/mol. The quantitative estimate of drug-likeness (QED) is 0.318. The third kappa shape index (κ3) is 3.76. The molecule has 0 bridgehead atoms. The zero-order valence-electron chi connectivity index (χ0n) is 13.4. The molecular weight excluding hydrogens is 354 g/mol. The van der Waals surface area contributed by atoms with Gasteiger partial charge in [-0.3, -0.25) is 19.7 Å². The van der Waals surface area contributed by atoms with Crippen LogP contribution >= 0.6 is 0 Å². The Morgan fingerprint density at radius 1 is 1.32 bits per heavy atom. The number of nitro groups is 1. The molecular formula is C14H13N3O7S. The van der Waals surface area contributed by atoms with Gasteiger partial charge in [-0.2, -0.15) is 4.98 Å². The summed E-state index contributed by atoms with van der Waals surface area (Å²) in [5.74, 6) is -3.17. The number of carbonyl (C=O) groups excluding carboxylic acids is 2. The molecule has 1 unspecified atom stereocenters. The largest absolute Gasteiger partial charge is 0.338 e. The van der Waals surface area contributed by atoms with Gasteiger partial charge in [0.05, 0.1) is 15.4 Å². The first kappa shape index (κ1) is 18.4. The van der Waals surface area contributed by atoms with E-state index in [2.05, 4.69) is 10.1 Å². The topological polar surface area (TPSA) is 150 Å². The van der Waals surface area contributed by atoms with Gasteiger partial charge in [-0.15, -0.1) is 0 Å². The van der Waals surface area contributed by atoms with Crippen molar-refractivity contribution in [3.63, 3.8) is 0 Å². The van der Waals surface area contributed by atoms with Gasteiger partial charge in [0.2, 0.25) is 5.89 Å². The Kier molecular flexibility index (Phi) is 4.79. The van der Waals surface area contributed by atoms with Crippen LogP contribution in [0.5, 0.6) is 0 Å². The summed E-state index contributed by atoms with van der Waals surface area (Å²) in [4.78, 5) is 38.4. The summed E-state index contributed by atoms with van der Waals surface area (Å²) < 4.78 is 28.0. The van der Waals surface area contributed by atoms with Crippen LogP contribution in [0.25, 0.3) is 0 Å². The van der Waals surface area contributed by atoms with Crippen LogP contribution in [0.3, 0.4) is 0 Å². The standard InChI is InChI=1S/C14H13N3O7S/c1-7(18)12(14-15-8(2)16-24-14)13(19)10-5-4-9(25(3,22)23)6-11(10)17(20)21/h4-6,12H,1-3H3. The monoisotopic (exact) mass is 367 g/mol. The number of sulfone groups is 1. The maximum atomic E-state index is 12.7. The number of nitrogens with zero attached hydrogens (tertiary/aromatic N) is 3. The number of Topliss-reactive ketones (excluding diaryl/α,β-unsaturated/α-hetero) is 2. The van der Waals surface area contributed by atoms with Gasteiger partial charge in [-0.05, 0) is 26.0 Å². The van der Waals surface area contributed by atoms with Crippen molar-refractivity contribution in [2.45, 2.75) is 24.7 Å². The first-order chi connectivity index (χ1) is 11.5. The first-order valence-electron chi connectivity index (χ1n) is 6.85. The molecule has 0 N–H and O–H groups in total. The summed E-state index contributed by atoms with van der Waals surface area (Å²) in [6.07, 6.45) is 0.882. The number of nitro benzene ring substituents is 1. The second kappa shape index (κ2) is 6.51. The van der Waals surface area contributed by atoms with E-state index in [-0.39, 0.29) is 16.6 Å². The molecule has 0 aliphatic heterocycles. The summed E-state index contributed by atoms with van der Waals surface area (Å²) in [5, 5.41) is 14.8. The van der Waals surface area contributed by atoms with Crippen molar-refractivity contribution in [1.29, 1.82) is 0 Å². The molecule has 132 valence electrons. The van der Waals surface area contributed by atoms with E-state index >= 15 is 0 Å². The highest BCUT2D eigenvalue weighted by Crippen LogP contribution is 2.29. The normalized spacial score (nSPS) is 12.6. The fourth-order valence-electron chi connectivity index (χ4n) is 2.16. The Balaban J connectivity index is 2.60. The first-order valence-corrected chi connectivity index (χ1v) is 8.75. The molecule has 25 heavy (non-hydrogen) atoms. The average molecular weight is 367 g/mol. The molecule has 0 saturated heterocycles. The SMILES string of the molecule is CC(=O)C(C(=O)c1ccc(S(C)(=O)=O)cc1[N+](=O)[O-])c1nc(C)no1. The van der Waals surface area contributed by atoms with Crippen LogP contribution in [0.2, 0.25) is 0 Å². The lowest BCUT2D eigenvalue weighted by atomic mass is 9.93. The van der Waals surface area contributed by atoms with Gasteiger partial charge < -0.3 is 4.52 Å². The molecule has 0 amide bonds. The molecule has 11 heteroatoms. The molecule has 0 radical (unpaired) electrons. The van der Waals surface area contributed by atoms with Gasteiger partial charge in [0.1, 0.15) is 5.78 Å². The molecule has 1 atom stereocenters. The van der Waals surface area contributed by atoms with Crippen LogP contribution in [-0.2, 0) is 14.6 Å². The lowest BCUT2D eigenvalue weighted by Crippen LogP contribution is -2.21. The van der Waals surface area contributed by atoms with E-state index in [9.17, 15) is 28.1 Å². The van der Waals surface area contributed by atoms with Gasteiger partial charge in [-0.1, -0.05) is 5.16 Å². The van der Waals surface area contributed by atoms with Crippen LogP contribution in [0.4, 0.5) is 5.69 Å². The molecule has 2 aromatic rings. The van der Waals surface area contributed by atoms with Gasteiger partial charge in [0.25, 0.3) is 5.69 Å². The molecule has 0 saturated carbocycles. The molecule has 1 aromatic heterocycles. The lowest BCUT2D eigenvalue weighted by Gasteiger charge is -2.09. The summed E-state index contributed by atoms with van der Waals surface area (Å²) in [7, 11) is -3.71. The molecule has 0 fully saturated rings. The summed E-state index contributed by atoms with van der Waals surface area (Å²) >= 11 is 0. The number of ketones is 2. The van der Waals surface area contributed by atoms with Gasteiger partial charge in [0.15, 0.2) is 27.4 Å². The Hall–Kier alpha value is -2.95. The van der Waals surface area contributed by atoms with E-state index in [0.717, 1.165) is 31.4 Å². The minimum Gasteiger partial charge on any atom is -0.338 e. The minimum absolute atomic E-state index is 0.191. The highest BCUT2D eigenvalue weighted by atomic mass is 32.2. The molecule has 0 aliphatic carbocycles. The van der Waals surface area contributed by atoms with Crippen LogP contribution < -0.4 is 0 Å². The number of rotatable bonds is 6. The predicted octanol–water partition coefficient (Wildman–Crippen LogP) is 1.25. The van der Waals surface area contributed by atoms with Crippen molar-refractivity contribution >= 4 is 27.1 Å². The summed E-state index contributed by atoms with van der Waals surface area (Å²) in [5.41, 5.74) is -1.15. The van der Waals surface area contributed by atoms with E-state index in [1.807, 2.05) is 0 Å². The van der Waals surface area contributed by atoms with Crippen molar-refractivity contribution in [2.24, 2.45) is 0 Å². The van der Waals surface area contributed by atoms with Crippen molar-refractivity contribution in [2.75, 3.05) is 6.26 Å². The summed E-state index contributed by atoms with van der Waals surface area (Å²) in [6.45, 7) is 2.59. The Morgan fingerprint density at radius 3 is 2.40 bits per heavy atom. The van der Waals surface area contributed by atoms with Crippen molar-refractivity contribution < 1.29 is 27.5 Å². The van der Waals surface area contributed by atoms with E-state index < -0.39 is 43.5 Å². The highest BCUT2D eigenvalue weighted by Gasteiger charge is 2.35. The molecule has 1 aromatic carbocycles. The fraction of sp³-hybridized carbons (Fsp3) is 0.286. The summed E-state index contributed by atoms with van der Waals surface area (Å²) in [6, 6.07) is 2.83. The molecule has 10 nitrogen and oxygen atoms in total. The smallest absolute Gasteiger partial charge is 0.281 e. The van der Waals surface area contributed by atoms with Crippen molar-refractivity contribution in [3.8, 4) is 0 Å². The van der Waals surface area contributed by atoms with E-state index in [0.29, 0.717) is 0 Å². The Bertz CT molecular complexity index is 978. The highest BCUT2D eigenvalue weighted by molar-refractivity contribution is 7.90. The third-order valence-electron chi connectivity index (χ3n) is 3.32. The molecule has 1 heterocycles. The third-order valence-corrected chi connectivity index (χ3v) is 4.43. The average Bonchev–Trinajstić information content (AvgIpc) is 2.91. The Labute approximate surface area is 141 Å². The van der Waals surface area contributed by atoms with Crippen LogP contribution in [-0.4, -0.2) is 41.3 Å². The van der Waals surface area contributed by atoms with Crippen LogP contribution in [0.1, 0.15) is 34.9 Å². The fourth-order valence-corrected chi connectivity index (χ4v) is 2.80. The van der Waals surface area contributed by atoms with Crippen LogP contribution in [0, 0.1) is 17.0 Å². The number of aryl methyl sites for hydroxylation is 1. The van der Waals surface area contributed by atoms with E-state index in [4.69, 9.17) is 4.52 Å². The Morgan fingerprint density at radius 2 is 1.96 bits per heavy atom. The molecule has 0 spiro atoms. The van der Waals surface area contributed by atoms with Crippen molar-refractivity contribution in [1.82, 2.24) is 10.1 Å². The maximum Gasteiger partial charge on any atom is 0.281 e. The zero-order chi connectivity index (χ0) is 18.9. The number of benzene rings is 1. The maximum absolute atomic E-state index is 12.7. The van der Waals surface area contributed by atoms with Gasteiger partial charge in [-0.25, -0.2) is 8.42 Å². The van der Waals surface area contributed by atoms with E-state index in [1.165, 1.54) is 6.92 Å². The van der Waals surface area contributed by atoms with Crippen LogP contribution in [0.15, 0.2) is 27.6 Å². The van der Waals surface area contributed by atoms with Gasteiger partial charge >= 0.3 is 0 Å². The van der Waals surface area contributed by atoms with Crippen molar-refractivity contribution in [3.05, 3.63) is 45.6 Å². The van der Waals surface area contributed by atoms with Gasteiger partial charge in [0, 0.05) is 12.3 Å². The minimum atomic E-state index is -3.71. The second-order valence-corrected chi connectivity index (χ2v) is 7.31. The zero-order valence-corrected chi connectivity index (χ0v) is 14.2. The lowest BCUT2D eigenvalue weighted by molar-refractivity contribution is -0.385. The number of carbonyl (C=O) groups is 2. The van der Waals surface area contributed by atoms with E-state index in [1.54, 1.807) is 0 Å². The number of hydrogen-bond donors (Lipinski definition) is 0. The number of hydrogen-bond acceptors (Lipinski definition) is 9. The number of aromatic nitrogens is 2.